The Balaban J connectivity index is 1.44. The van der Waals surface area contributed by atoms with Crippen LogP contribution in [-0.4, -0.2) is 75.9 Å². The summed E-state index contributed by atoms with van der Waals surface area (Å²) >= 11 is 0. The summed E-state index contributed by atoms with van der Waals surface area (Å²) in [5.74, 6) is 1.37. The van der Waals surface area contributed by atoms with E-state index in [9.17, 15) is 9.59 Å². The number of hydrogen-bond acceptors (Lipinski definition) is 8. The van der Waals surface area contributed by atoms with Gasteiger partial charge in [0.2, 0.25) is 0 Å². The molecule has 1 N–H and O–H groups in total. The number of amides is 1. The minimum atomic E-state index is -0.626. The van der Waals surface area contributed by atoms with Gasteiger partial charge in [0.25, 0.3) is 0 Å². The van der Waals surface area contributed by atoms with Crippen molar-refractivity contribution in [3.8, 4) is 11.5 Å². The second kappa shape index (κ2) is 8.68. The zero-order valence-corrected chi connectivity index (χ0v) is 19.4. The summed E-state index contributed by atoms with van der Waals surface area (Å²) in [6, 6.07) is 4.54. The number of piperidine rings is 1. The third-order valence-corrected chi connectivity index (χ3v) is 7.80. The van der Waals surface area contributed by atoms with Gasteiger partial charge in [0, 0.05) is 24.1 Å². The van der Waals surface area contributed by atoms with Crippen LogP contribution in [0.25, 0.3) is 0 Å². The number of hydrogen-bond donors (Lipinski definition) is 1. The van der Waals surface area contributed by atoms with Gasteiger partial charge in [-0.05, 0) is 63.7 Å². The first-order valence-electron chi connectivity index (χ1n) is 11.7. The van der Waals surface area contributed by atoms with Crippen molar-refractivity contribution in [1.29, 1.82) is 0 Å². The molecule has 1 aromatic carbocycles. The average molecular weight is 461 g/mol. The first kappa shape index (κ1) is 22.3. The summed E-state index contributed by atoms with van der Waals surface area (Å²) < 4.78 is 28.3. The number of methoxy groups -OCH3 is 1. The Morgan fingerprint density at radius 2 is 2.15 bits per heavy atom. The maximum Gasteiger partial charge on any atom is 0.408 e. The zero-order valence-electron chi connectivity index (χ0n) is 19.4. The van der Waals surface area contributed by atoms with Gasteiger partial charge in [0.15, 0.2) is 18.3 Å². The molecule has 1 saturated heterocycles. The van der Waals surface area contributed by atoms with E-state index in [1.54, 1.807) is 14.0 Å². The molecule has 1 spiro atoms. The predicted octanol–water partition coefficient (Wildman–Crippen LogP) is 2.00. The number of carbonyl (C=O) groups is 2. The lowest BCUT2D eigenvalue weighted by atomic mass is 9.51. The highest BCUT2D eigenvalue weighted by molar-refractivity contribution is 5.78. The molecule has 9 heteroatoms. The van der Waals surface area contributed by atoms with Gasteiger partial charge in [-0.15, -0.1) is 0 Å². The number of alkyl carbamates (subject to hydrolysis) is 1. The van der Waals surface area contributed by atoms with Crippen LogP contribution in [-0.2, 0) is 30.8 Å². The summed E-state index contributed by atoms with van der Waals surface area (Å²) in [5, 5.41) is 2.51. The largest absolute Gasteiger partial charge is 0.481 e. The van der Waals surface area contributed by atoms with Gasteiger partial charge in [0.05, 0.1) is 6.61 Å². The number of nitrogens with one attached hydrogen (secondary N) is 1. The van der Waals surface area contributed by atoms with Crippen LogP contribution in [0.15, 0.2) is 12.1 Å². The summed E-state index contributed by atoms with van der Waals surface area (Å²) in [7, 11) is 3.79. The normalized spacial score (nSPS) is 31.2. The molecule has 2 unspecified atom stereocenters. The number of ether oxygens (including phenoxy) is 5. The van der Waals surface area contributed by atoms with E-state index in [4.69, 9.17) is 23.7 Å². The topological polar surface area (TPSA) is 95.6 Å². The smallest absolute Gasteiger partial charge is 0.408 e. The Hall–Kier alpha value is -2.52. The molecule has 2 bridgehead atoms. The molecule has 5 atom stereocenters. The van der Waals surface area contributed by atoms with Gasteiger partial charge in [-0.3, -0.25) is 4.79 Å². The van der Waals surface area contributed by atoms with Gasteiger partial charge >= 0.3 is 12.1 Å². The Labute approximate surface area is 193 Å². The first-order valence-corrected chi connectivity index (χ1v) is 11.7. The van der Waals surface area contributed by atoms with Gasteiger partial charge in [0.1, 0.15) is 18.8 Å². The van der Waals surface area contributed by atoms with Crippen LogP contribution in [0.3, 0.4) is 0 Å². The Morgan fingerprint density at radius 3 is 2.94 bits per heavy atom. The van der Waals surface area contributed by atoms with E-state index in [0.717, 1.165) is 31.6 Å². The Bertz CT molecular complexity index is 938. The average Bonchev–Trinajstić information content (AvgIpc) is 3.16. The molecule has 5 rings (SSSR count). The number of esters is 1. The Kier molecular flexibility index (Phi) is 5.86. The molecule has 1 saturated carbocycles. The molecule has 9 nitrogen and oxygen atoms in total. The van der Waals surface area contributed by atoms with E-state index in [-0.39, 0.29) is 31.5 Å². The van der Waals surface area contributed by atoms with Gasteiger partial charge in [-0.25, -0.2) is 4.79 Å². The highest BCUT2D eigenvalue weighted by Gasteiger charge is 2.66. The fourth-order valence-corrected chi connectivity index (χ4v) is 6.57. The molecule has 4 aliphatic rings. The van der Waals surface area contributed by atoms with Crippen LogP contribution < -0.4 is 14.8 Å². The molecule has 1 amide bonds. The molecular formula is C24H32N2O7. The molecule has 2 aliphatic carbocycles. The number of likely N-dealkylation sites (N-methyl/N-ethyl adjacent to an activating group) is 1. The van der Waals surface area contributed by atoms with Crippen LogP contribution in [0.2, 0.25) is 0 Å². The lowest BCUT2D eigenvalue weighted by molar-refractivity contribution is -0.142. The van der Waals surface area contributed by atoms with Crippen molar-refractivity contribution >= 4 is 12.1 Å². The molecule has 1 aromatic rings. The van der Waals surface area contributed by atoms with E-state index in [1.807, 2.05) is 6.07 Å². The molecular weight excluding hydrogens is 428 g/mol. The molecule has 180 valence electrons. The monoisotopic (exact) mass is 460 g/mol. The maximum atomic E-state index is 12.5. The molecule has 0 aromatic heterocycles. The summed E-state index contributed by atoms with van der Waals surface area (Å²) in [5.41, 5.74) is 2.31. The van der Waals surface area contributed by atoms with E-state index in [0.29, 0.717) is 24.1 Å². The first-order chi connectivity index (χ1) is 16.0. The van der Waals surface area contributed by atoms with E-state index >= 15 is 0 Å². The van der Waals surface area contributed by atoms with Crippen LogP contribution in [0.5, 0.6) is 11.5 Å². The molecule has 33 heavy (non-hydrogen) atoms. The number of carbonyl (C=O) groups excluding carboxylic acids is 2. The number of benzene rings is 1. The van der Waals surface area contributed by atoms with Crippen LogP contribution >= 0.6 is 0 Å². The van der Waals surface area contributed by atoms with Crippen molar-refractivity contribution in [2.45, 2.75) is 56.3 Å². The number of rotatable bonds is 7. The maximum absolute atomic E-state index is 12.5. The summed E-state index contributed by atoms with van der Waals surface area (Å²) in [6.45, 7) is 2.87. The van der Waals surface area contributed by atoms with Crippen LogP contribution in [0.1, 0.15) is 37.3 Å². The fraction of sp³-hybridized carbons (Fsp3) is 0.667. The SMILES string of the molecule is CCOC(=O)CNC(=O)OC1CC[C@H]2[C@H]3Cc4ccc(OCOC)c5c4[C@@]2(CCN3C)C1O5. The quantitative estimate of drug-likeness (QED) is 0.488. The minimum absolute atomic E-state index is 0.137. The van der Waals surface area contributed by atoms with Crippen molar-refractivity contribution in [3.05, 3.63) is 23.3 Å². The van der Waals surface area contributed by atoms with E-state index in [2.05, 4.69) is 23.3 Å². The molecule has 2 heterocycles. The number of nitrogens with zero attached hydrogens (tertiary/aromatic N) is 1. The third-order valence-electron chi connectivity index (χ3n) is 7.80. The second-order valence-corrected chi connectivity index (χ2v) is 9.34. The second-order valence-electron chi connectivity index (χ2n) is 9.34. The lowest BCUT2D eigenvalue weighted by Gasteiger charge is -2.58. The number of likely N-dealkylation sites (tertiary alicyclic amines) is 1. The molecule has 0 radical (unpaired) electrons. The predicted molar refractivity (Wildman–Crippen MR) is 117 cm³/mol. The van der Waals surface area contributed by atoms with Crippen LogP contribution in [0, 0.1) is 5.92 Å². The highest BCUT2D eigenvalue weighted by atomic mass is 16.7. The highest BCUT2D eigenvalue weighted by Crippen LogP contribution is 2.64. The standard InChI is InChI=1S/C24H32N2O7/c1-4-30-19(27)12-25-23(28)32-18-8-6-15-16-11-14-5-7-17(31-13-29-3)21-20(14)24(15,22(18)33-21)9-10-26(16)2/h5,7,15-16,18,22H,4,6,8-13H2,1-3H3,(H,25,28)/t15-,16+,18?,22?,24-/m0/s1. The van der Waals surface area contributed by atoms with Gasteiger partial charge in [-0.1, -0.05) is 6.07 Å². The van der Waals surface area contributed by atoms with E-state index < -0.39 is 18.2 Å². The van der Waals surface area contributed by atoms with Crippen molar-refractivity contribution in [2.75, 3.05) is 40.6 Å². The Morgan fingerprint density at radius 1 is 1.30 bits per heavy atom. The molecule has 2 fully saturated rings. The van der Waals surface area contributed by atoms with Gasteiger partial charge < -0.3 is 33.9 Å². The van der Waals surface area contributed by atoms with Crippen LogP contribution in [0.4, 0.5) is 4.79 Å². The zero-order chi connectivity index (χ0) is 23.2. The lowest BCUT2D eigenvalue weighted by Crippen LogP contribution is -2.66. The third kappa shape index (κ3) is 3.52. The van der Waals surface area contributed by atoms with Crippen molar-refractivity contribution in [3.63, 3.8) is 0 Å². The fourth-order valence-electron chi connectivity index (χ4n) is 6.57. The van der Waals surface area contributed by atoms with Gasteiger partial charge in [-0.2, -0.15) is 0 Å². The van der Waals surface area contributed by atoms with Crippen molar-refractivity contribution in [2.24, 2.45) is 5.92 Å². The minimum Gasteiger partial charge on any atom is -0.481 e. The van der Waals surface area contributed by atoms with Crippen molar-refractivity contribution < 1.29 is 33.3 Å². The van der Waals surface area contributed by atoms with Crippen molar-refractivity contribution in [1.82, 2.24) is 10.2 Å². The van der Waals surface area contributed by atoms with E-state index in [1.165, 1.54) is 11.1 Å². The summed E-state index contributed by atoms with van der Waals surface area (Å²) in [6.07, 6.45) is 2.26. The summed E-state index contributed by atoms with van der Waals surface area (Å²) in [4.78, 5) is 26.6. The molecule has 2 aliphatic heterocycles.